The van der Waals surface area contributed by atoms with E-state index in [0.29, 0.717) is 5.75 Å². The van der Waals surface area contributed by atoms with Gasteiger partial charge in [0, 0.05) is 0 Å². The minimum atomic E-state index is 0.262. The van der Waals surface area contributed by atoms with Crippen LogP contribution in [0.4, 0.5) is 0 Å². The first kappa shape index (κ1) is 12.6. The lowest BCUT2D eigenvalue weighted by atomic mass is 10.1. The molecule has 0 saturated heterocycles. The topological polar surface area (TPSA) is 29.5 Å². The van der Waals surface area contributed by atoms with E-state index in [2.05, 4.69) is 6.58 Å². The molecule has 0 radical (unpaired) electrons. The Morgan fingerprint density at radius 1 is 1.50 bits per heavy atom. The van der Waals surface area contributed by atoms with E-state index in [1.807, 2.05) is 26.0 Å². The van der Waals surface area contributed by atoms with Crippen LogP contribution in [0.2, 0.25) is 0 Å². The summed E-state index contributed by atoms with van der Waals surface area (Å²) in [5, 5.41) is 9.46. The minimum absolute atomic E-state index is 0.262. The lowest BCUT2D eigenvalue weighted by Gasteiger charge is -2.05. The van der Waals surface area contributed by atoms with Crippen molar-refractivity contribution < 1.29 is 9.84 Å². The fourth-order valence-corrected chi connectivity index (χ4v) is 1.02. The first-order valence-electron chi connectivity index (χ1n) is 4.63. The number of aromatic hydroxyl groups is 1. The standard InChI is InChI=1S/C9H12O2.C3H6/c1-3-7-5-4-6-8(11-2)9(7)10;1-3-2/h4-6,10H,3H2,1-2H3;3H,1H2,2H3. The van der Waals surface area contributed by atoms with E-state index in [4.69, 9.17) is 4.74 Å². The van der Waals surface area contributed by atoms with Crippen LogP contribution < -0.4 is 4.74 Å². The number of ether oxygens (including phenoxy) is 1. The van der Waals surface area contributed by atoms with Gasteiger partial charge in [0.15, 0.2) is 11.5 Å². The fraction of sp³-hybridized carbons (Fsp3) is 0.333. The zero-order valence-corrected chi connectivity index (χ0v) is 9.08. The number of para-hydroxylation sites is 1. The molecular formula is C12H18O2. The van der Waals surface area contributed by atoms with Crippen molar-refractivity contribution in [2.75, 3.05) is 7.11 Å². The summed E-state index contributed by atoms with van der Waals surface area (Å²) in [6.07, 6.45) is 2.57. The molecule has 0 saturated carbocycles. The van der Waals surface area contributed by atoms with Crippen LogP contribution in [0.15, 0.2) is 30.9 Å². The number of phenols is 1. The molecule has 0 fully saturated rings. The number of aryl methyl sites for hydroxylation is 1. The summed E-state index contributed by atoms with van der Waals surface area (Å²) in [4.78, 5) is 0. The monoisotopic (exact) mass is 194 g/mol. The van der Waals surface area contributed by atoms with Crippen molar-refractivity contribution in [1.82, 2.24) is 0 Å². The molecule has 1 aromatic rings. The molecule has 0 aliphatic carbocycles. The highest BCUT2D eigenvalue weighted by atomic mass is 16.5. The molecule has 0 bridgehead atoms. The largest absolute Gasteiger partial charge is 0.504 e. The van der Waals surface area contributed by atoms with E-state index in [0.717, 1.165) is 12.0 Å². The summed E-state index contributed by atoms with van der Waals surface area (Å²) < 4.78 is 4.94. The molecule has 0 aliphatic rings. The Morgan fingerprint density at radius 2 is 2.07 bits per heavy atom. The molecule has 1 aromatic carbocycles. The van der Waals surface area contributed by atoms with Gasteiger partial charge in [-0.05, 0) is 25.0 Å². The summed E-state index contributed by atoms with van der Waals surface area (Å²) in [5.41, 5.74) is 0.921. The van der Waals surface area contributed by atoms with E-state index in [9.17, 15) is 5.11 Å². The van der Waals surface area contributed by atoms with Crippen molar-refractivity contribution in [2.24, 2.45) is 0 Å². The summed E-state index contributed by atoms with van der Waals surface area (Å²) >= 11 is 0. The van der Waals surface area contributed by atoms with Gasteiger partial charge in [-0.15, -0.1) is 6.58 Å². The smallest absolute Gasteiger partial charge is 0.160 e. The molecule has 0 aliphatic heterocycles. The number of phenolic OH excluding ortho intramolecular Hbond substituents is 1. The molecule has 0 spiro atoms. The summed E-state index contributed by atoms with van der Waals surface area (Å²) in [6, 6.07) is 5.50. The Morgan fingerprint density at radius 3 is 2.50 bits per heavy atom. The molecule has 2 nitrogen and oxygen atoms in total. The van der Waals surface area contributed by atoms with Crippen LogP contribution in [0.3, 0.4) is 0 Å². The van der Waals surface area contributed by atoms with E-state index in [1.165, 1.54) is 0 Å². The quantitative estimate of drug-likeness (QED) is 0.733. The minimum Gasteiger partial charge on any atom is -0.504 e. The molecule has 2 heteroatoms. The van der Waals surface area contributed by atoms with E-state index < -0.39 is 0 Å². The molecular weight excluding hydrogens is 176 g/mol. The van der Waals surface area contributed by atoms with Crippen LogP contribution in [0.5, 0.6) is 11.5 Å². The molecule has 78 valence electrons. The zero-order valence-electron chi connectivity index (χ0n) is 9.08. The summed E-state index contributed by atoms with van der Waals surface area (Å²) in [6.45, 7) is 7.24. The predicted molar refractivity (Wildman–Crippen MR) is 59.9 cm³/mol. The highest BCUT2D eigenvalue weighted by Crippen LogP contribution is 2.29. The third-order valence-corrected chi connectivity index (χ3v) is 1.68. The van der Waals surface area contributed by atoms with Crippen LogP contribution in [0.1, 0.15) is 19.4 Å². The van der Waals surface area contributed by atoms with Crippen molar-refractivity contribution >= 4 is 0 Å². The average Bonchev–Trinajstić information content (AvgIpc) is 2.19. The third kappa shape index (κ3) is 3.52. The Kier molecular flexibility index (Phi) is 6.29. The van der Waals surface area contributed by atoms with Crippen LogP contribution in [-0.2, 0) is 6.42 Å². The summed E-state index contributed by atoms with van der Waals surface area (Å²) in [5.74, 6) is 0.807. The van der Waals surface area contributed by atoms with Crippen LogP contribution >= 0.6 is 0 Å². The lowest BCUT2D eigenvalue weighted by molar-refractivity contribution is 0.371. The van der Waals surface area contributed by atoms with Gasteiger partial charge in [0.05, 0.1) is 7.11 Å². The van der Waals surface area contributed by atoms with Crippen molar-refractivity contribution in [2.45, 2.75) is 20.3 Å². The number of rotatable bonds is 2. The molecule has 0 atom stereocenters. The lowest BCUT2D eigenvalue weighted by Crippen LogP contribution is -1.87. The first-order chi connectivity index (χ1) is 6.71. The molecule has 0 unspecified atom stereocenters. The Bertz CT molecular complexity index is 257. The number of methoxy groups -OCH3 is 1. The van der Waals surface area contributed by atoms with Crippen LogP contribution in [0.25, 0.3) is 0 Å². The van der Waals surface area contributed by atoms with Crippen molar-refractivity contribution in [3.05, 3.63) is 36.4 Å². The Balaban J connectivity index is 0.000000500. The molecule has 0 aromatic heterocycles. The van der Waals surface area contributed by atoms with Crippen molar-refractivity contribution in [1.29, 1.82) is 0 Å². The highest BCUT2D eigenvalue weighted by Gasteiger charge is 2.03. The maximum absolute atomic E-state index is 9.46. The molecule has 0 heterocycles. The second kappa shape index (κ2) is 7.01. The highest BCUT2D eigenvalue weighted by molar-refractivity contribution is 5.45. The molecule has 1 N–H and O–H groups in total. The third-order valence-electron chi connectivity index (χ3n) is 1.68. The molecule has 14 heavy (non-hydrogen) atoms. The number of benzene rings is 1. The first-order valence-corrected chi connectivity index (χ1v) is 4.63. The van der Waals surface area contributed by atoms with Gasteiger partial charge in [0.1, 0.15) is 0 Å². The average molecular weight is 194 g/mol. The number of hydrogen-bond acceptors (Lipinski definition) is 2. The molecule has 1 rings (SSSR count). The van der Waals surface area contributed by atoms with Gasteiger partial charge in [-0.2, -0.15) is 0 Å². The predicted octanol–water partition coefficient (Wildman–Crippen LogP) is 3.16. The second-order valence-corrected chi connectivity index (χ2v) is 2.73. The van der Waals surface area contributed by atoms with Gasteiger partial charge in [-0.1, -0.05) is 25.1 Å². The maximum atomic E-state index is 9.46. The normalized spacial score (nSPS) is 8.50. The number of allylic oxidation sites excluding steroid dienone is 1. The number of hydrogen-bond donors (Lipinski definition) is 1. The van der Waals surface area contributed by atoms with Crippen LogP contribution in [0, 0.1) is 0 Å². The van der Waals surface area contributed by atoms with E-state index in [-0.39, 0.29) is 5.75 Å². The SMILES string of the molecule is C=CC.CCc1cccc(OC)c1O. The van der Waals surface area contributed by atoms with Crippen molar-refractivity contribution in [3.63, 3.8) is 0 Å². The van der Waals surface area contributed by atoms with Gasteiger partial charge < -0.3 is 9.84 Å². The second-order valence-electron chi connectivity index (χ2n) is 2.73. The molecule has 0 amide bonds. The van der Waals surface area contributed by atoms with Crippen molar-refractivity contribution in [3.8, 4) is 11.5 Å². The van der Waals surface area contributed by atoms with Gasteiger partial charge in [0.2, 0.25) is 0 Å². The zero-order chi connectivity index (χ0) is 11.0. The summed E-state index contributed by atoms with van der Waals surface area (Å²) in [7, 11) is 1.55. The van der Waals surface area contributed by atoms with Gasteiger partial charge in [-0.25, -0.2) is 0 Å². The van der Waals surface area contributed by atoms with Gasteiger partial charge in [0.25, 0.3) is 0 Å². The Labute approximate surface area is 85.8 Å². The Hall–Kier alpha value is -1.44. The van der Waals surface area contributed by atoms with Gasteiger partial charge >= 0.3 is 0 Å². The van der Waals surface area contributed by atoms with E-state index in [1.54, 1.807) is 19.3 Å². The maximum Gasteiger partial charge on any atom is 0.160 e. The van der Waals surface area contributed by atoms with Gasteiger partial charge in [-0.3, -0.25) is 0 Å². The fourth-order valence-electron chi connectivity index (χ4n) is 1.02. The van der Waals surface area contributed by atoms with E-state index >= 15 is 0 Å². The van der Waals surface area contributed by atoms with Crippen LogP contribution in [-0.4, -0.2) is 12.2 Å².